The van der Waals surface area contributed by atoms with E-state index in [2.05, 4.69) is 60.2 Å². The summed E-state index contributed by atoms with van der Waals surface area (Å²) in [6.45, 7) is 7.65. The highest BCUT2D eigenvalue weighted by atomic mass is 127. The normalized spacial score (nSPS) is 12.5. The second-order valence-electron chi connectivity index (χ2n) is 7.29. The van der Waals surface area contributed by atoms with E-state index in [9.17, 15) is 8.42 Å². The Labute approximate surface area is 170 Å². The van der Waals surface area contributed by atoms with E-state index in [4.69, 9.17) is 0 Å². The summed E-state index contributed by atoms with van der Waals surface area (Å²) in [5, 5.41) is 3.36. The molecule has 0 spiro atoms. The minimum atomic E-state index is -2.93. The van der Waals surface area contributed by atoms with E-state index in [1.54, 1.807) is 7.05 Å². The Balaban J connectivity index is 0.00000576. The zero-order chi connectivity index (χ0) is 18.4. The van der Waals surface area contributed by atoms with E-state index in [1.165, 1.54) is 17.4 Å². The van der Waals surface area contributed by atoms with Crippen molar-refractivity contribution < 1.29 is 8.42 Å². The van der Waals surface area contributed by atoms with Crippen LogP contribution in [0.4, 0.5) is 0 Å². The van der Waals surface area contributed by atoms with E-state index >= 15 is 0 Å². The average Bonchev–Trinajstić information content (AvgIpc) is 2.48. The van der Waals surface area contributed by atoms with Gasteiger partial charge in [0, 0.05) is 33.4 Å². The van der Waals surface area contributed by atoms with Crippen molar-refractivity contribution in [3.63, 3.8) is 0 Å². The van der Waals surface area contributed by atoms with E-state index in [0.717, 1.165) is 12.5 Å². The third-order valence-corrected chi connectivity index (χ3v) is 4.93. The van der Waals surface area contributed by atoms with Gasteiger partial charge in [0.15, 0.2) is 5.96 Å². The number of benzene rings is 1. The van der Waals surface area contributed by atoms with Gasteiger partial charge in [-0.15, -0.1) is 24.0 Å². The van der Waals surface area contributed by atoms with Crippen molar-refractivity contribution in [1.29, 1.82) is 0 Å². The largest absolute Gasteiger partial charge is 0.356 e. The second kappa shape index (κ2) is 10.4. The summed E-state index contributed by atoms with van der Waals surface area (Å²) >= 11 is 0. The summed E-state index contributed by atoms with van der Waals surface area (Å²) in [5.41, 5.74) is 2.35. The SMILES string of the molecule is CN=C(NCC(C)(C)CCS(C)(=O)=O)N(C)Cc1ccc(C)cc1.I. The van der Waals surface area contributed by atoms with Gasteiger partial charge in [-0.05, 0) is 24.3 Å². The van der Waals surface area contributed by atoms with Gasteiger partial charge in [0.1, 0.15) is 9.84 Å². The molecule has 0 aromatic heterocycles. The van der Waals surface area contributed by atoms with Gasteiger partial charge in [0.05, 0.1) is 5.75 Å². The van der Waals surface area contributed by atoms with E-state index in [1.807, 2.05) is 7.05 Å². The molecule has 0 aliphatic rings. The fourth-order valence-electron chi connectivity index (χ4n) is 2.30. The number of hydrogen-bond acceptors (Lipinski definition) is 3. The van der Waals surface area contributed by atoms with Gasteiger partial charge in [-0.3, -0.25) is 4.99 Å². The first kappa shape index (κ1) is 24.2. The lowest BCUT2D eigenvalue weighted by molar-refractivity contribution is 0.340. The number of hydrogen-bond donors (Lipinski definition) is 1. The fraction of sp³-hybridized carbons (Fsp3) is 0.611. The standard InChI is InChI=1S/C18H31N3O2S.HI/c1-15-7-9-16(10-8-15)13-21(5)17(19-4)20-14-18(2,3)11-12-24(6,22)23;/h7-10H,11-14H2,1-6H3,(H,19,20);1H. The molecule has 0 unspecified atom stereocenters. The Morgan fingerprint density at radius 3 is 2.28 bits per heavy atom. The molecule has 0 bridgehead atoms. The third kappa shape index (κ3) is 10.0. The van der Waals surface area contributed by atoms with Crippen LogP contribution in [-0.4, -0.2) is 51.9 Å². The summed E-state index contributed by atoms with van der Waals surface area (Å²) in [7, 11) is 0.830. The smallest absolute Gasteiger partial charge is 0.193 e. The lowest BCUT2D eigenvalue weighted by Crippen LogP contribution is -2.43. The predicted octanol–water partition coefficient (Wildman–Crippen LogP) is 3.08. The number of halogens is 1. The van der Waals surface area contributed by atoms with Crippen LogP contribution in [0, 0.1) is 12.3 Å². The molecule has 0 aliphatic heterocycles. The second-order valence-corrected chi connectivity index (χ2v) is 9.55. The topological polar surface area (TPSA) is 61.8 Å². The Bertz CT molecular complexity index is 655. The maximum Gasteiger partial charge on any atom is 0.193 e. The van der Waals surface area contributed by atoms with Crippen LogP contribution in [0.3, 0.4) is 0 Å². The molecule has 0 atom stereocenters. The predicted molar refractivity (Wildman–Crippen MR) is 118 cm³/mol. The number of aliphatic imine (C=N–C) groups is 1. The van der Waals surface area contributed by atoms with Crippen LogP contribution >= 0.6 is 24.0 Å². The molecule has 0 aliphatic carbocycles. The summed E-state index contributed by atoms with van der Waals surface area (Å²) in [5.74, 6) is 1.02. The molecule has 0 amide bonds. The van der Waals surface area contributed by atoms with E-state index < -0.39 is 9.84 Å². The molecule has 1 aromatic rings. The average molecular weight is 481 g/mol. The van der Waals surface area contributed by atoms with Crippen LogP contribution in [0.5, 0.6) is 0 Å². The molecule has 1 rings (SSSR count). The number of rotatable bonds is 7. The highest BCUT2D eigenvalue weighted by Crippen LogP contribution is 2.20. The van der Waals surface area contributed by atoms with Gasteiger partial charge in [-0.2, -0.15) is 0 Å². The molecule has 0 radical (unpaired) electrons. The van der Waals surface area contributed by atoms with Crippen LogP contribution < -0.4 is 5.32 Å². The Kier molecular flexibility index (Phi) is 10.0. The molecule has 0 fully saturated rings. The van der Waals surface area contributed by atoms with Crippen molar-refractivity contribution in [2.45, 2.75) is 33.7 Å². The minimum Gasteiger partial charge on any atom is -0.356 e. The monoisotopic (exact) mass is 481 g/mol. The zero-order valence-electron chi connectivity index (χ0n) is 16.2. The lowest BCUT2D eigenvalue weighted by atomic mass is 9.90. The molecule has 5 nitrogen and oxygen atoms in total. The summed E-state index contributed by atoms with van der Waals surface area (Å²) in [4.78, 5) is 6.39. The van der Waals surface area contributed by atoms with Gasteiger partial charge in [0.25, 0.3) is 0 Å². The zero-order valence-corrected chi connectivity index (χ0v) is 19.3. The van der Waals surface area contributed by atoms with E-state index in [-0.39, 0.29) is 35.1 Å². The number of aryl methyl sites for hydroxylation is 1. The van der Waals surface area contributed by atoms with Crippen molar-refractivity contribution in [3.05, 3.63) is 35.4 Å². The van der Waals surface area contributed by atoms with Crippen molar-refractivity contribution in [2.24, 2.45) is 10.4 Å². The maximum absolute atomic E-state index is 11.4. The first-order chi connectivity index (χ1) is 11.0. The molecule has 25 heavy (non-hydrogen) atoms. The maximum atomic E-state index is 11.4. The fourth-order valence-corrected chi connectivity index (χ4v) is 3.22. The Hall–Kier alpha value is -0.830. The Morgan fingerprint density at radius 2 is 1.80 bits per heavy atom. The molecule has 7 heteroatoms. The van der Waals surface area contributed by atoms with E-state index in [0.29, 0.717) is 13.0 Å². The van der Waals surface area contributed by atoms with Gasteiger partial charge < -0.3 is 10.2 Å². The summed E-state index contributed by atoms with van der Waals surface area (Å²) in [6.07, 6.45) is 1.91. The number of sulfone groups is 1. The van der Waals surface area contributed by atoms with Crippen molar-refractivity contribution >= 4 is 39.8 Å². The molecule has 1 aromatic carbocycles. The van der Waals surface area contributed by atoms with Gasteiger partial charge in [-0.25, -0.2) is 8.42 Å². The third-order valence-electron chi connectivity index (χ3n) is 3.99. The number of guanidine groups is 1. The van der Waals surface area contributed by atoms with Crippen LogP contribution in [0.25, 0.3) is 0 Å². The van der Waals surface area contributed by atoms with Crippen LogP contribution in [0.2, 0.25) is 0 Å². The molecule has 0 saturated carbocycles. The van der Waals surface area contributed by atoms with Crippen molar-refractivity contribution in [3.8, 4) is 0 Å². The van der Waals surface area contributed by atoms with Crippen LogP contribution in [0.15, 0.2) is 29.3 Å². The van der Waals surface area contributed by atoms with Crippen LogP contribution in [0.1, 0.15) is 31.4 Å². The first-order valence-corrected chi connectivity index (χ1v) is 10.2. The summed E-state index contributed by atoms with van der Waals surface area (Å²) < 4.78 is 22.7. The lowest BCUT2D eigenvalue weighted by Gasteiger charge is -2.28. The van der Waals surface area contributed by atoms with Crippen molar-refractivity contribution in [2.75, 3.05) is 32.6 Å². The molecule has 0 heterocycles. The van der Waals surface area contributed by atoms with Crippen molar-refractivity contribution in [1.82, 2.24) is 10.2 Å². The van der Waals surface area contributed by atoms with Crippen LogP contribution in [-0.2, 0) is 16.4 Å². The summed E-state index contributed by atoms with van der Waals surface area (Å²) in [6, 6.07) is 8.45. The molecule has 0 saturated heterocycles. The van der Waals surface area contributed by atoms with Gasteiger partial charge in [0.2, 0.25) is 0 Å². The Morgan fingerprint density at radius 1 is 1.24 bits per heavy atom. The highest BCUT2D eigenvalue weighted by molar-refractivity contribution is 14.0. The first-order valence-electron chi connectivity index (χ1n) is 8.17. The molecular weight excluding hydrogens is 449 g/mol. The number of nitrogens with zero attached hydrogens (tertiary/aromatic N) is 2. The highest BCUT2D eigenvalue weighted by Gasteiger charge is 2.21. The number of nitrogens with one attached hydrogen (secondary N) is 1. The molecule has 1 N–H and O–H groups in total. The van der Waals surface area contributed by atoms with Gasteiger partial charge >= 0.3 is 0 Å². The molecule has 144 valence electrons. The quantitative estimate of drug-likeness (QED) is 0.370. The molecular formula is C18H32IN3O2S. The van der Waals surface area contributed by atoms with Gasteiger partial charge in [-0.1, -0.05) is 43.7 Å². The minimum absolute atomic E-state index is 0.